The normalized spacial score (nSPS) is 12.9. The van der Waals surface area contributed by atoms with Gasteiger partial charge in [-0.15, -0.1) is 11.6 Å². The van der Waals surface area contributed by atoms with Crippen molar-refractivity contribution in [2.75, 3.05) is 0 Å². The van der Waals surface area contributed by atoms with Gasteiger partial charge in [-0.25, -0.2) is 9.97 Å². The van der Waals surface area contributed by atoms with Crippen LogP contribution in [0.5, 0.6) is 0 Å². The number of nitrogens with zero attached hydrogens (tertiary/aromatic N) is 2. The van der Waals surface area contributed by atoms with Crippen molar-refractivity contribution < 1.29 is 26.3 Å². The molecule has 0 amide bonds. The summed E-state index contributed by atoms with van der Waals surface area (Å²) < 4.78 is 73.0. The maximum atomic E-state index is 12.2. The molecule has 0 saturated heterocycles. The van der Waals surface area contributed by atoms with Crippen molar-refractivity contribution in [1.82, 2.24) is 9.97 Å². The molecule has 0 unspecified atom stereocenters. The van der Waals surface area contributed by atoms with Crippen LogP contribution >= 0.6 is 11.6 Å². The Labute approximate surface area is 90.3 Å². The topological polar surface area (TPSA) is 25.8 Å². The van der Waals surface area contributed by atoms with Gasteiger partial charge in [0.15, 0.2) is 0 Å². The molecule has 0 atom stereocenters. The van der Waals surface area contributed by atoms with E-state index >= 15 is 0 Å². The average Bonchev–Trinajstić information content (AvgIpc) is 2.14. The van der Waals surface area contributed by atoms with Crippen LogP contribution < -0.4 is 0 Å². The van der Waals surface area contributed by atoms with Gasteiger partial charge in [0.05, 0.1) is 5.88 Å². The molecule has 90 valence electrons. The molecule has 1 aromatic rings. The second-order valence-electron chi connectivity index (χ2n) is 2.68. The van der Waals surface area contributed by atoms with Crippen molar-refractivity contribution in [2.45, 2.75) is 18.2 Å². The summed E-state index contributed by atoms with van der Waals surface area (Å²) in [6.07, 6.45) is -9.94. The molecule has 2 nitrogen and oxygen atoms in total. The molecule has 0 aliphatic heterocycles. The Hall–Kier alpha value is -1.05. The van der Waals surface area contributed by atoms with Crippen LogP contribution in [0, 0.1) is 0 Å². The number of aromatic nitrogens is 2. The predicted octanol–water partition coefficient (Wildman–Crippen LogP) is 3.25. The third-order valence-corrected chi connectivity index (χ3v) is 1.71. The maximum absolute atomic E-state index is 12.2. The molecule has 9 heteroatoms. The monoisotopic (exact) mass is 264 g/mol. The molecule has 0 saturated carbocycles. The first-order chi connectivity index (χ1) is 7.14. The van der Waals surface area contributed by atoms with E-state index in [2.05, 4.69) is 9.97 Å². The Morgan fingerprint density at radius 1 is 0.938 bits per heavy atom. The second kappa shape index (κ2) is 4.08. The highest BCUT2D eigenvalue weighted by atomic mass is 35.5. The molecule has 1 heterocycles. The SMILES string of the molecule is FC(F)(F)c1cc(C(F)(F)F)nc(CCl)n1. The zero-order valence-corrected chi connectivity index (χ0v) is 8.08. The second-order valence-corrected chi connectivity index (χ2v) is 2.95. The molecule has 0 N–H and O–H groups in total. The van der Waals surface area contributed by atoms with Gasteiger partial charge < -0.3 is 0 Å². The zero-order valence-electron chi connectivity index (χ0n) is 7.32. The number of halogens is 7. The van der Waals surface area contributed by atoms with Crippen LogP contribution in [0.2, 0.25) is 0 Å². The lowest BCUT2D eigenvalue weighted by Crippen LogP contribution is -2.16. The fourth-order valence-electron chi connectivity index (χ4n) is 0.847. The summed E-state index contributed by atoms with van der Waals surface area (Å²) in [5, 5.41) is 0. The minimum absolute atomic E-state index is 0.157. The highest BCUT2D eigenvalue weighted by molar-refractivity contribution is 6.16. The lowest BCUT2D eigenvalue weighted by Gasteiger charge is -2.11. The molecule has 0 fully saturated rings. The van der Waals surface area contributed by atoms with Crippen molar-refractivity contribution in [3.05, 3.63) is 23.3 Å². The summed E-state index contributed by atoms with van der Waals surface area (Å²) in [4.78, 5) is 5.74. The smallest absolute Gasteiger partial charge is 0.227 e. The largest absolute Gasteiger partial charge is 0.433 e. The van der Waals surface area contributed by atoms with Gasteiger partial charge in [0.1, 0.15) is 17.2 Å². The highest BCUT2D eigenvalue weighted by Gasteiger charge is 2.39. The summed E-state index contributed by atoms with van der Waals surface area (Å²) in [6.45, 7) is 0. The lowest BCUT2D eigenvalue weighted by molar-refractivity contribution is -0.147. The quantitative estimate of drug-likeness (QED) is 0.575. The Morgan fingerprint density at radius 2 is 1.31 bits per heavy atom. The first-order valence-electron chi connectivity index (χ1n) is 3.73. The van der Waals surface area contributed by atoms with Gasteiger partial charge in [-0.3, -0.25) is 0 Å². The van der Waals surface area contributed by atoms with Crippen LogP contribution in [0.3, 0.4) is 0 Å². The molecule has 0 radical (unpaired) electrons. The van der Waals surface area contributed by atoms with Gasteiger partial charge in [0, 0.05) is 0 Å². The Balaban J connectivity index is 3.33. The first kappa shape index (κ1) is 13.0. The van der Waals surface area contributed by atoms with Gasteiger partial charge >= 0.3 is 12.4 Å². The molecule has 1 aromatic heterocycles. The van der Waals surface area contributed by atoms with E-state index in [9.17, 15) is 26.3 Å². The van der Waals surface area contributed by atoms with Gasteiger partial charge in [-0.05, 0) is 6.07 Å². The zero-order chi connectivity index (χ0) is 12.6. The number of rotatable bonds is 1. The van der Waals surface area contributed by atoms with Crippen molar-refractivity contribution in [1.29, 1.82) is 0 Å². The van der Waals surface area contributed by atoms with E-state index in [1.165, 1.54) is 0 Å². The van der Waals surface area contributed by atoms with Crippen LogP contribution in [0.25, 0.3) is 0 Å². The Bertz CT molecular complexity index is 353. The van der Waals surface area contributed by atoms with Crippen LogP contribution in [0.4, 0.5) is 26.3 Å². The van der Waals surface area contributed by atoms with Gasteiger partial charge in [-0.2, -0.15) is 26.3 Å². The minimum atomic E-state index is -4.97. The van der Waals surface area contributed by atoms with E-state index in [0.29, 0.717) is 0 Å². The molecule has 0 spiro atoms. The fourth-order valence-corrected chi connectivity index (χ4v) is 0.967. The maximum Gasteiger partial charge on any atom is 0.433 e. The van der Waals surface area contributed by atoms with E-state index < -0.39 is 35.4 Å². The van der Waals surface area contributed by atoms with Gasteiger partial charge in [0.2, 0.25) is 0 Å². The molecule has 0 aliphatic rings. The number of alkyl halides is 7. The third kappa shape index (κ3) is 2.97. The molecule has 0 bridgehead atoms. The molecule has 0 aliphatic carbocycles. The van der Waals surface area contributed by atoms with Gasteiger partial charge in [0.25, 0.3) is 0 Å². The Morgan fingerprint density at radius 3 is 1.56 bits per heavy atom. The van der Waals surface area contributed by atoms with Crippen LogP contribution in [-0.2, 0) is 18.2 Å². The summed E-state index contributed by atoms with van der Waals surface area (Å²) in [5.74, 6) is -1.35. The molecule has 1 rings (SSSR count). The van der Waals surface area contributed by atoms with Crippen molar-refractivity contribution in [3.63, 3.8) is 0 Å². The Kier molecular flexibility index (Phi) is 3.32. The standard InChI is InChI=1S/C7H3ClF6N2/c8-2-5-15-3(6(9,10)11)1-4(16-5)7(12,13)14/h1H,2H2. The molecular weight excluding hydrogens is 262 g/mol. The fraction of sp³-hybridized carbons (Fsp3) is 0.429. The number of hydrogen-bond donors (Lipinski definition) is 0. The van der Waals surface area contributed by atoms with E-state index in [-0.39, 0.29) is 6.07 Å². The highest BCUT2D eigenvalue weighted by Crippen LogP contribution is 2.33. The van der Waals surface area contributed by atoms with Crippen molar-refractivity contribution in [2.24, 2.45) is 0 Å². The minimum Gasteiger partial charge on any atom is -0.227 e. The predicted molar refractivity (Wildman–Crippen MR) is 41.6 cm³/mol. The molecular formula is C7H3ClF6N2. The van der Waals surface area contributed by atoms with E-state index in [4.69, 9.17) is 11.6 Å². The first-order valence-corrected chi connectivity index (χ1v) is 4.26. The number of hydrogen-bond acceptors (Lipinski definition) is 2. The van der Waals surface area contributed by atoms with Crippen LogP contribution in [0.15, 0.2) is 6.07 Å². The van der Waals surface area contributed by atoms with E-state index in [1.54, 1.807) is 0 Å². The summed E-state index contributed by atoms with van der Waals surface area (Å²) >= 11 is 5.11. The van der Waals surface area contributed by atoms with E-state index in [0.717, 1.165) is 0 Å². The van der Waals surface area contributed by atoms with Crippen molar-refractivity contribution in [3.8, 4) is 0 Å². The average molecular weight is 265 g/mol. The van der Waals surface area contributed by atoms with E-state index in [1.807, 2.05) is 0 Å². The third-order valence-electron chi connectivity index (χ3n) is 1.47. The summed E-state index contributed by atoms with van der Waals surface area (Å²) in [6, 6.07) is -0.157. The van der Waals surface area contributed by atoms with Crippen LogP contribution in [0.1, 0.15) is 17.2 Å². The summed E-state index contributed by atoms with van der Waals surface area (Å²) in [7, 11) is 0. The van der Waals surface area contributed by atoms with Gasteiger partial charge in [-0.1, -0.05) is 0 Å². The molecule has 16 heavy (non-hydrogen) atoms. The van der Waals surface area contributed by atoms with Crippen molar-refractivity contribution >= 4 is 11.6 Å². The summed E-state index contributed by atoms with van der Waals surface area (Å²) in [5.41, 5.74) is -3.32. The molecule has 0 aromatic carbocycles. The lowest BCUT2D eigenvalue weighted by atomic mass is 10.3. The van der Waals surface area contributed by atoms with Crippen LogP contribution in [-0.4, -0.2) is 9.97 Å².